The molecule has 0 aliphatic rings. The van der Waals surface area contributed by atoms with Crippen LogP contribution in [0.4, 0.5) is 5.88 Å². The first kappa shape index (κ1) is 7.19. The highest BCUT2D eigenvalue weighted by molar-refractivity contribution is 5.31. The third kappa shape index (κ3) is 1.79. The van der Waals surface area contributed by atoms with E-state index in [-0.39, 0.29) is 0 Å². The zero-order valence-corrected chi connectivity index (χ0v) is 6.48. The summed E-state index contributed by atoms with van der Waals surface area (Å²) in [4.78, 5) is 0. The van der Waals surface area contributed by atoms with Crippen LogP contribution in [-0.4, -0.2) is 6.54 Å². The second-order valence-electron chi connectivity index (χ2n) is 2.34. The van der Waals surface area contributed by atoms with Gasteiger partial charge in [0.05, 0.1) is 0 Å². The van der Waals surface area contributed by atoms with Crippen molar-refractivity contribution in [2.75, 3.05) is 11.9 Å². The maximum atomic E-state index is 5.27. The lowest BCUT2D eigenvalue weighted by molar-refractivity contribution is 0.546. The van der Waals surface area contributed by atoms with E-state index in [2.05, 4.69) is 12.2 Å². The van der Waals surface area contributed by atoms with Crippen LogP contribution in [0.2, 0.25) is 0 Å². The van der Waals surface area contributed by atoms with Gasteiger partial charge in [-0.25, -0.2) is 0 Å². The fourth-order valence-electron chi connectivity index (χ4n) is 0.778. The molecule has 1 heterocycles. The second kappa shape index (κ2) is 3.30. The van der Waals surface area contributed by atoms with Crippen LogP contribution in [0.1, 0.15) is 19.1 Å². The van der Waals surface area contributed by atoms with Crippen molar-refractivity contribution in [3.63, 3.8) is 0 Å². The molecule has 0 radical (unpaired) electrons. The fourth-order valence-corrected chi connectivity index (χ4v) is 0.778. The van der Waals surface area contributed by atoms with Crippen molar-refractivity contribution in [3.8, 4) is 0 Å². The molecule has 0 amide bonds. The summed E-state index contributed by atoms with van der Waals surface area (Å²) >= 11 is 0. The topological polar surface area (TPSA) is 25.2 Å². The third-order valence-electron chi connectivity index (χ3n) is 1.29. The monoisotopic (exact) mass is 139 g/mol. The van der Waals surface area contributed by atoms with Crippen LogP contribution in [0.15, 0.2) is 16.5 Å². The van der Waals surface area contributed by atoms with Gasteiger partial charge < -0.3 is 9.73 Å². The summed E-state index contributed by atoms with van der Waals surface area (Å²) in [6, 6.07) is 3.91. The average molecular weight is 139 g/mol. The van der Waals surface area contributed by atoms with Crippen molar-refractivity contribution < 1.29 is 4.42 Å². The van der Waals surface area contributed by atoms with Crippen LogP contribution in [0.25, 0.3) is 0 Å². The van der Waals surface area contributed by atoms with Crippen LogP contribution in [-0.2, 0) is 0 Å². The molecule has 0 unspecified atom stereocenters. The molecule has 0 saturated heterocycles. The Morgan fingerprint density at radius 2 is 2.30 bits per heavy atom. The zero-order chi connectivity index (χ0) is 7.40. The number of aryl methyl sites for hydroxylation is 1. The van der Waals surface area contributed by atoms with Gasteiger partial charge in [-0.3, -0.25) is 0 Å². The number of rotatable bonds is 3. The maximum Gasteiger partial charge on any atom is 0.193 e. The zero-order valence-electron chi connectivity index (χ0n) is 6.48. The van der Waals surface area contributed by atoms with Crippen LogP contribution < -0.4 is 5.32 Å². The number of furan rings is 1. The van der Waals surface area contributed by atoms with Crippen molar-refractivity contribution in [3.05, 3.63) is 17.9 Å². The van der Waals surface area contributed by atoms with Gasteiger partial charge in [0.15, 0.2) is 5.88 Å². The lowest BCUT2D eigenvalue weighted by Crippen LogP contribution is -1.97. The summed E-state index contributed by atoms with van der Waals surface area (Å²) in [5, 5.41) is 3.15. The molecule has 0 aromatic carbocycles. The van der Waals surface area contributed by atoms with Crippen LogP contribution in [0.5, 0.6) is 0 Å². The number of nitrogens with one attached hydrogen (secondary N) is 1. The van der Waals surface area contributed by atoms with Crippen molar-refractivity contribution in [1.29, 1.82) is 0 Å². The molecule has 0 aliphatic carbocycles. The minimum absolute atomic E-state index is 0.874. The first-order valence-electron chi connectivity index (χ1n) is 3.63. The van der Waals surface area contributed by atoms with Gasteiger partial charge in [-0.2, -0.15) is 0 Å². The van der Waals surface area contributed by atoms with Crippen molar-refractivity contribution in [1.82, 2.24) is 0 Å². The number of hydrogen-bond donors (Lipinski definition) is 1. The fraction of sp³-hybridized carbons (Fsp3) is 0.500. The molecule has 1 rings (SSSR count). The van der Waals surface area contributed by atoms with E-state index >= 15 is 0 Å². The molecule has 1 aromatic heterocycles. The van der Waals surface area contributed by atoms with Gasteiger partial charge in [0.25, 0.3) is 0 Å². The molecule has 1 N–H and O–H groups in total. The van der Waals surface area contributed by atoms with E-state index in [1.807, 2.05) is 19.1 Å². The summed E-state index contributed by atoms with van der Waals surface area (Å²) in [5.41, 5.74) is 0. The first-order chi connectivity index (χ1) is 4.83. The first-order valence-corrected chi connectivity index (χ1v) is 3.63. The van der Waals surface area contributed by atoms with Gasteiger partial charge in [0, 0.05) is 12.6 Å². The number of anilines is 1. The molecule has 1 aromatic rings. The van der Waals surface area contributed by atoms with Crippen LogP contribution >= 0.6 is 0 Å². The molecule has 0 saturated carbocycles. The smallest absolute Gasteiger partial charge is 0.193 e. The Morgan fingerprint density at radius 1 is 1.50 bits per heavy atom. The Bertz CT molecular complexity index is 193. The quantitative estimate of drug-likeness (QED) is 0.695. The van der Waals surface area contributed by atoms with Gasteiger partial charge in [0.2, 0.25) is 0 Å². The summed E-state index contributed by atoms with van der Waals surface area (Å²) in [5.74, 6) is 1.83. The van der Waals surface area contributed by atoms with Crippen molar-refractivity contribution >= 4 is 5.88 Å². The molecule has 0 fully saturated rings. The maximum absolute atomic E-state index is 5.27. The Kier molecular flexibility index (Phi) is 2.37. The third-order valence-corrected chi connectivity index (χ3v) is 1.29. The Hall–Kier alpha value is -0.920. The molecule has 56 valence electrons. The van der Waals surface area contributed by atoms with Crippen LogP contribution in [0, 0.1) is 6.92 Å². The molecule has 0 bridgehead atoms. The van der Waals surface area contributed by atoms with E-state index in [9.17, 15) is 0 Å². The summed E-state index contributed by atoms with van der Waals surface area (Å²) in [6.45, 7) is 5.05. The predicted octanol–water partition coefficient (Wildman–Crippen LogP) is 2.41. The molecule has 0 aliphatic heterocycles. The van der Waals surface area contributed by atoms with Gasteiger partial charge in [-0.05, 0) is 19.4 Å². The van der Waals surface area contributed by atoms with Crippen LogP contribution in [0.3, 0.4) is 0 Å². The van der Waals surface area contributed by atoms with E-state index < -0.39 is 0 Å². The average Bonchev–Trinajstić information content (AvgIpc) is 2.31. The van der Waals surface area contributed by atoms with Crippen molar-refractivity contribution in [2.24, 2.45) is 0 Å². The second-order valence-corrected chi connectivity index (χ2v) is 2.34. The van der Waals surface area contributed by atoms with E-state index in [0.717, 1.165) is 24.6 Å². The Morgan fingerprint density at radius 3 is 2.80 bits per heavy atom. The van der Waals surface area contributed by atoms with Gasteiger partial charge in [-0.15, -0.1) is 0 Å². The standard InChI is InChI=1S/C8H13NO/c1-3-6-9-8-5-4-7(2)10-8/h4-5,9H,3,6H2,1-2H3. The summed E-state index contributed by atoms with van der Waals surface area (Å²) in [7, 11) is 0. The predicted molar refractivity (Wildman–Crippen MR) is 42.2 cm³/mol. The van der Waals surface area contributed by atoms with Crippen molar-refractivity contribution in [2.45, 2.75) is 20.3 Å². The molecular formula is C8H13NO. The molecule has 0 atom stereocenters. The van der Waals surface area contributed by atoms with E-state index in [1.54, 1.807) is 0 Å². The normalized spacial score (nSPS) is 9.80. The summed E-state index contributed by atoms with van der Waals surface area (Å²) < 4.78 is 5.27. The van der Waals surface area contributed by atoms with E-state index in [0.29, 0.717) is 0 Å². The number of hydrogen-bond acceptors (Lipinski definition) is 2. The lowest BCUT2D eigenvalue weighted by atomic mass is 10.5. The minimum atomic E-state index is 0.874. The summed E-state index contributed by atoms with van der Waals surface area (Å²) in [6.07, 6.45) is 1.12. The SMILES string of the molecule is CCCNc1ccc(C)o1. The molecule has 0 spiro atoms. The highest BCUT2D eigenvalue weighted by Gasteiger charge is 1.93. The Balaban J connectivity index is 2.42. The van der Waals surface area contributed by atoms with Gasteiger partial charge >= 0.3 is 0 Å². The Labute approximate surface area is 61.2 Å². The van der Waals surface area contributed by atoms with E-state index in [1.165, 1.54) is 0 Å². The molecule has 10 heavy (non-hydrogen) atoms. The highest BCUT2D eigenvalue weighted by Crippen LogP contribution is 2.11. The minimum Gasteiger partial charge on any atom is -0.446 e. The van der Waals surface area contributed by atoms with Gasteiger partial charge in [-0.1, -0.05) is 6.92 Å². The highest BCUT2D eigenvalue weighted by atomic mass is 16.4. The van der Waals surface area contributed by atoms with Gasteiger partial charge in [0.1, 0.15) is 5.76 Å². The molecular weight excluding hydrogens is 126 g/mol. The molecule has 2 heteroatoms. The lowest BCUT2D eigenvalue weighted by Gasteiger charge is -1.97. The van der Waals surface area contributed by atoms with E-state index in [4.69, 9.17) is 4.42 Å². The molecule has 2 nitrogen and oxygen atoms in total. The largest absolute Gasteiger partial charge is 0.446 e.